The summed E-state index contributed by atoms with van der Waals surface area (Å²) < 4.78 is 1.65. The molecule has 3 nitrogen and oxygen atoms in total. The number of nitrogens with zero attached hydrogens (tertiary/aromatic N) is 2. The summed E-state index contributed by atoms with van der Waals surface area (Å²) in [6, 6.07) is 5.21. The van der Waals surface area contributed by atoms with E-state index < -0.39 is 0 Å². The van der Waals surface area contributed by atoms with Crippen LogP contribution in [0.3, 0.4) is 0 Å². The molecule has 6 heteroatoms. The van der Waals surface area contributed by atoms with Gasteiger partial charge in [-0.3, -0.25) is 4.68 Å². The van der Waals surface area contributed by atoms with Crippen LogP contribution >= 0.6 is 34.8 Å². The minimum absolute atomic E-state index is 0.199. The summed E-state index contributed by atoms with van der Waals surface area (Å²) in [7, 11) is 1.81. The number of hydrogen-bond donors (Lipinski definition) is 1. The lowest BCUT2D eigenvalue weighted by atomic mass is 10.0. The van der Waals surface area contributed by atoms with Gasteiger partial charge in [0, 0.05) is 18.7 Å². The minimum atomic E-state index is -0.199. The summed E-state index contributed by atoms with van der Waals surface area (Å²) >= 11 is 18.1. The van der Waals surface area contributed by atoms with Crippen molar-refractivity contribution in [3.8, 4) is 0 Å². The van der Waals surface area contributed by atoms with Crippen LogP contribution in [0.25, 0.3) is 0 Å². The first kappa shape index (κ1) is 14.7. The number of aryl methyl sites for hydroxylation is 2. The first-order valence-corrected chi connectivity index (χ1v) is 6.92. The normalized spacial score (nSPS) is 12.7. The van der Waals surface area contributed by atoms with Gasteiger partial charge in [0.1, 0.15) is 5.15 Å². The Morgan fingerprint density at radius 3 is 2.47 bits per heavy atom. The molecule has 2 N–H and O–H groups in total. The predicted molar refractivity (Wildman–Crippen MR) is 80.0 cm³/mol. The average Bonchev–Trinajstić information content (AvgIpc) is 2.59. The molecule has 102 valence electrons. The molecule has 19 heavy (non-hydrogen) atoms. The summed E-state index contributed by atoms with van der Waals surface area (Å²) in [5.41, 5.74) is 8.97. The van der Waals surface area contributed by atoms with Crippen LogP contribution in [0.15, 0.2) is 18.2 Å². The first-order valence-electron chi connectivity index (χ1n) is 5.78. The van der Waals surface area contributed by atoms with Crippen molar-refractivity contribution in [3.05, 3.63) is 50.2 Å². The van der Waals surface area contributed by atoms with Gasteiger partial charge >= 0.3 is 0 Å². The summed E-state index contributed by atoms with van der Waals surface area (Å²) in [6.45, 7) is 1.92. The fraction of sp³-hybridized carbons (Fsp3) is 0.308. The molecule has 1 heterocycles. The standard InChI is InChI=1S/C13H14Cl3N3/c1-7-9(13(16)19(2)18-7)6-12(17)8-3-4-10(14)11(15)5-8/h3-5,12H,6,17H2,1-2H3. The average molecular weight is 319 g/mol. The largest absolute Gasteiger partial charge is 0.324 e. The summed E-state index contributed by atoms with van der Waals surface area (Å²) in [5, 5.41) is 5.91. The molecule has 1 aromatic carbocycles. The Morgan fingerprint density at radius 2 is 1.95 bits per heavy atom. The van der Waals surface area contributed by atoms with Crippen molar-refractivity contribution >= 4 is 34.8 Å². The number of rotatable bonds is 3. The zero-order valence-corrected chi connectivity index (χ0v) is 12.9. The molecule has 0 radical (unpaired) electrons. The highest BCUT2D eigenvalue weighted by molar-refractivity contribution is 6.42. The second-order valence-corrected chi connectivity index (χ2v) is 5.63. The highest BCUT2D eigenvalue weighted by Gasteiger charge is 2.16. The fourth-order valence-electron chi connectivity index (χ4n) is 1.99. The van der Waals surface area contributed by atoms with Crippen molar-refractivity contribution in [1.29, 1.82) is 0 Å². The van der Waals surface area contributed by atoms with Gasteiger partial charge < -0.3 is 5.73 Å². The zero-order valence-electron chi connectivity index (χ0n) is 10.6. The van der Waals surface area contributed by atoms with E-state index >= 15 is 0 Å². The predicted octanol–water partition coefficient (Wildman–Crippen LogP) is 3.93. The molecule has 1 atom stereocenters. The molecular weight excluding hydrogens is 305 g/mol. The van der Waals surface area contributed by atoms with Gasteiger partial charge in [0.2, 0.25) is 0 Å². The van der Waals surface area contributed by atoms with Crippen LogP contribution in [0.1, 0.15) is 22.9 Å². The Labute approximate surface area is 127 Å². The Hall–Kier alpha value is -0.740. The molecule has 2 aromatic rings. The Morgan fingerprint density at radius 1 is 1.26 bits per heavy atom. The third-order valence-electron chi connectivity index (χ3n) is 3.07. The van der Waals surface area contributed by atoms with Crippen LogP contribution in [0, 0.1) is 6.92 Å². The third kappa shape index (κ3) is 3.06. The molecular formula is C13H14Cl3N3. The first-order chi connectivity index (χ1) is 8.90. The van der Waals surface area contributed by atoms with Gasteiger partial charge in [-0.2, -0.15) is 5.10 Å². The minimum Gasteiger partial charge on any atom is -0.324 e. The molecule has 1 aromatic heterocycles. The van der Waals surface area contributed by atoms with Gasteiger partial charge in [-0.15, -0.1) is 0 Å². The van der Waals surface area contributed by atoms with E-state index in [2.05, 4.69) is 5.10 Å². The second-order valence-electron chi connectivity index (χ2n) is 4.46. The van der Waals surface area contributed by atoms with Gasteiger partial charge in [0.05, 0.1) is 15.7 Å². The molecule has 0 aliphatic heterocycles. The second kappa shape index (κ2) is 5.71. The topological polar surface area (TPSA) is 43.8 Å². The monoisotopic (exact) mass is 317 g/mol. The molecule has 1 unspecified atom stereocenters. The van der Waals surface area contributed by atoms with E-state index in [4.69, 9.17) is 40.5 Å². The van der Waals surface area contributed by atoms with Crippen LogP contribution < -0.4 is 5.73 Å². The molecule has 0 fully saturated rings. The number of halogens is 3. The van der Waals surface area contributed by atoms with E-state index in [0.717, 1.165) is 16.8 Å². The summed E-state index contributed by atoms with van der Waals surface area (Å²) in [6.07, 6.45) is 0.608. The third-order valence-corrected chi connectivity index (χ3v) is 4.28. The molecule has 0 amide bonds. The Kier molecular flexibility index (Phi) is 4.41. The summed E-state index contributed by atoms with van der Waals surface area (Å²) in [5.74, 6) is 0. The highest BCUT2D eigenvalue weighted by Crippen LogP contribution is 2.28. The maximum Gasteiger partial charge on any atom is 0.130 e. The Bertz CT molecular complexity index is 607. The number of aromatic nitrogens is 2. The lowest BCUT2D eigenvalue weighted by Gasteiger charge is -2.13. The van der Waals surface area contributed by atoms with Gasteiger partial charge in [0.25, 0.3) is 0 Å². The van der Waals surface area contributed by atoms with Crippen molar-refractivity contribution in [2.24, 2.45) is 12.8 Å². The van der Waals surface area contributed by atoms with Crippen LogP contribution in [-0.2, 0) is 13.5 Å². The lowest BCUT2D eigenvalue weighted by Crippen LogP contribution is -2.14. The van der Waals surface area contributed by atoms with Crippen LogP contribution in [0.5, 0.6) is 0 Å². The molecule has 0 saturated carbocycles. The van der Waals surface area contributed by atoms with Gasteiger partial charge in [0.15, 0.2) is 0 Å². The maximum absolute atomic E-state index is 6.20. The highest BCUT2D eigenvalue weighted by atomic mass is 35.5. The van der Waals surface area contributed by atoms with Crippen molar-refractivity contribution < 1.29 is 0 Å². The van der Waals surface area contributed by atoms with E-state index in [1.54, 1.807) is 16.8 Å². The SMILES string of the molecule is Cc1nn(C)c(Cl)c1CC(N)c1ccc(Cl)c(Cl)c1. The lowest BCUT2D eigenvalue weighted by molar-refractivity contribution is 0.718. The van der Waals surface area contributed by atoms with Gasteiger partial charge in [-0.05, 0) is 31.0 Å². The molecule has 0 bridgehead atoms. The van der Waals surface area contributed by atoms with Crippen molar-refractivity contribution in [2.45, 2.75) is 19.4 Å². The van der Waals surface area contributed by atoms with E-state index in [-0.39, 0.29) is 6.04 Å². The van der Waals surface area contributed by atoms with Crippen molar-refractivity contribution in [2.75, 3.05) is 0 Å². The van der Waals surface area contributed by atoms with E-state index in [9.17, 15) is 0 Å². The summed E-state index contributed by atoms with van der Waals surface area (Å²) in [4.78, 5) is 0. The van der Waals surface area contributed by atoms with E-state index in [1.807, 2.05) is 20.0 Å². The number of hydrogen-bond acceptors (Lipinski definition) is 2. The molecule has 0 aliphatic rings. The van der Waals surface area contributed by atoms with E-state index in [0.29, 0.717) is 21.6 Å². The van der Waals surface area contributed by atoms with Crippen LogP contribution in [-0.4, -0.2) is 9.78 Å². The number of benzene rings is 1. The fourth-order valence-corrected chi connectivity index (χ4v) is 2.54. The molecule has 0 spiro atoms. The van der Waals surface area contributed by atoms with Crippen LogP contribution in [0.4, 0.5) is 0 Å². The maximum atomic E-state index is 6.20. The Balaban J connectivity index is 2.25. The number of nitrogens with two attached hydrogens (primary N) is 1. The smallest absolute Gasteiger partial charge is 0.130 e. The van der Waals surface area contributed by atoms with Gasteiger partial charge in [-0.1, -0.05) is 40.9 Å². The van der Waals surface area contributed by atoms with Crippen LogP contribution in [0.2, 0.25) is 15.2 Å². The quantitative estimate of drug-likeness (QED) is 0.932. The molecule has 0 saturated heterocycles. The van der Waals surface area contributed by atoms with Crippen molar-refractivity contribution in [3.63, 3.8) is 0 Å². The zero-order chi connectivity index (χ0) is 14.2. The van der Waals surface area contributed by atoms with Crippen molar-refractivity contribution in [1.82, 2.24) is 9.78 Å². The molecule has 0 aliphatic carbocycles. The van der Waals surface area contributed by atoms with Gasteiger partial charge in [-0.25, -0.2) is 0 Å². The van der Waals surface area contributed by atoms with E-state index in [1.165, 1.54) is 0 Å². The molecule has 2 rings (SSSR count).